The van der Waals surface area contributed by atoms with E-state index in [1.165, 1.54) is 16.2 Å². The van der Waals surface area contributed by atoms with Gasteiger partial charge in [0.25, 0.3) is 5.56 Å². The summed E-state index contributed by atoms with van der Waals surface area (Å²) in [5.74, 6) is -0.719. The molecule has 0 amide bonds. The van der Waals surface area contributed by atoms with Crippen LogP contribution >= 0.6 is 22.9 Å². The summed E-state index contributed by atoms with van der Waals surface area (Å²) >= 11 is 7.69. The van der Waals surface area contributed by atoms with E-state index in [-0.39, 0.29) is 23.6 Å². The van der Waals surface area contributed by atoms with Gasteiger partial charge in [-0.15, -0.1) is 11.3 Å². The third-order valence-corrected chi connectivity index (χ3v) is 7.16. The predicted molar refractivity (Wildman–Crippen MR) is 115 cm³/mol. The number of rotatable bonds is 4. The van der Waals surface area contributed by atoms with Crippen LogP contribution < -0.4 is 10.3 Å². The number of nitrogens with one attached hydrogen (secondary N) is 1. The van der Waals surface area contributed by atoms with Crippen LogP contribution in [0.1, 0.15) is 46.2 Å². The number of Topliss-reactive ketones (excluding diaryl/α,β-unsaturated/α-hetero) is 1. The first-order chi connectivity index (χ1) is 14.5. The van der Waals surface area contributed by atoms with E-state index in [0.29, 0.717) is 33.2 Å². The largest absolute Gasteiger partial charge is 0.493 e. The maximum atomic E-state index is 13.0. The van der Waals surface area contributed by atoms with Crippen molar-refractivity contribution in [3.05, 3.63) is 54.9 Å². The van der Waals surface area contributed by atoms with Gasteiger partial charge in [0, 0.05) is 28.3 Å². The Hall–Kier alpha value is -2.69. The average molecular weight is 440 g/mol. The summed E-state index contributed by atoms with van der Waals surface area (Å²) in [5.41, 5.74) is 2.44. The summed E-state index contributed by atoms with van der Waals surface area (Å²) < 4.78 is 5.66. The molecule has 0 fully saturated rings. The fourth-order valence-corrected chi connectivity index (χ4v) is 5.90. The van der Waals surface area contributed by atoms with E-state index in [0.717, 1.165) is 43.2 Å². The second-order valence-electron chi connectivity index (χ2n) is 7.70. The maximum absolute atomic E-state index is 13.0. The molecule has 1 aromatic carbocycles. The molecule has 1 aliphatic heterocycles. The molecule has 8 heteroatoms. The predicted octanol–water partition coefficient (Wildman–Crippen LogP) is 3.87. The van der Waals surface area contributed by atoms with Crippen molar-refractivity contribution in [3.8, 4) is 11.8 Å². The van der Waals surface area contributed by atoms with Crippen molar-refractivity contribution in [2.45, 2.75) is 44.4 Å². The number of aromatic nitrogens is 2. The zero-order chi connectivity index (χ0) is 20.8. The number of aromatic amines is 1. The molecule has 6 nitrogen and oxygen atoms in total. The highest BCUT2D eigenvalue weighted by Crippen LogP contribution is 2.35. The van der Waals surface area contributed by atoms with E-state index in [4.69, 9.17) is 16.3 Å². The highest BCUT2D eigenvalue weighted by molar-refractivity contribution is 7.18. The van der Waals surface area contributed by atoms with E-state index in [1.54, 1.807) is 6.07 Å². The molecule has 0 spiro atoms. The van der Waals surface area contributed by atoms with E-state index >= 15 is 0 Å². The van der Waals surface area contributed by atoms with Crippen LogP contribution in [0.4, 0.5) is 0 Å². The van der Waals surface area contributed by atoms with Crippen molar-refractivity contribution in [3.63, 3.8) is 0 Å². The fourth-order valence-electron chi connectivity index (χ4n) is 4.37. The van der Waals surface area contributed by atoms with Crippen LogP contribution in [-0.2, 0) is 30.5 Å². The Bertz CT molecular complexity index is 1290. The van der Waals surface area contributed by atoms with Crippen molar-refractivity contribution >= 4 is 38.9 Å². The third kappa shape index (κ3) is 3.21. The molecule has 1 atom stereocenters. The second-order valence-corrected chi connectivity index (χ2v) is 9.22. The first-order valence-corrected chi connectivity index (χ1v) is 11.2. The first kappa shape index (κ1) is 19.3. The van der Waals surface area contributed by atoms with Crippen LogP contribution in [0.3, 0.4) is 0 Å². The number of hydrogen-bond acceptors (Lipinski definition) is 6. The molecule has 2 aliphatic rings. The van der Waals surface area contributed by atoms with Gasteiger partial charge in [0.05, 0.1) is 18.1 Å². The highest BCUT2D eigenvalue weighted by Gasteiger charge is 2.28. The molecule has 0 bridgehead atoms. The van der Waals surface area contributed by atoms with E-state index in [1.807, 2.05) is 12.1 Å². The van der Waals surface area contributed by atoms with Gasteiger partial charge in [-0.1, -0.05) is 11.6 Å². The Morgan fingerprint density at radius 1 is 1.33 bits per heavy atom. The topological polar surface area (TPSA) is 95.8 Å². The maximum Gasteiger partial charge on any atom is 0.259 e. The Kier molecular flexibility index (Phi) is 4.84. The van der Waals surface area contributed by atoms with E-state index in [2.05, 4.69) is 9.97 Å². The molecule has 0 radical (unpaired) electrons. The van der Waals surface area contributed by atoms with Crippen molar-refractivity contribution in [2.24, 2.45) is 0 Å². The molecule has 1 N–H and O–H groups in total. The molecule has 3 heterocycles. The Balaban J connectivity index is 1.50. The summed E-state index contributed by atoms with van der Waals surface area (Å²) in [6.45, 7) is 0.549. The summed E-state index contributed by atoms with van der Waals surface area (Å²) in [7, 11) is 0. The third-order valence-electron chi connectivity index (χ3n) is 5.76. The zero-order valence-corrected chi connectivity index (χ0v) is 17.7. The van der Waals surface area contributed by atoms with Crippen LogP contribution in [-0.4, -0.2) is 22.4 Å². The number of aryl methyl sites for hydroxylation is 2. The van der Waals surface area contributed by atoms with E-state index < -0.39 is 5.92 Å². The van der Waals surface area contributed by atoms with Gasteiger partial charge >= 0.3 is 0 Å². The number of hydrogen-bond donors (Lipinski definition) is 1. The number of nitrogens with zero attached hydrogens (tertiary/aromatic N) is 2. The zero-order valence-electron chi connectivity index (χ0n) is 16.1. The van der Waals surface area contributed by atoms with Gasteiger partial charge < -0.3 is 9.72 Å². The lowest BCUT2D eigenvalue weighted by Gasteiger charge is -2.11. The quantitative estimate of drug-likeness (QED) is 0.665. The van der Waals surface area contributed by atoms with Gasteiger partial charge in [-0.05, 0) is 48.9 Å². The molecule has 1 aliphatic carbocycles. The van der Waals surface area contributed by atoms with E-state index in [9.17, 15) is 14.9 Å². The number of carbonyl (C=O) groups is 1. The second kappa shape index (κ2) is 7.53. The smallest absolute Gasteiger partial charge is 0.259 e. The monoisotopic (exact) mass is 439 g/mol. The number of halogens is 1. The molecule has 2 aromatic heterocycles. The molecule has 0 saturated heterocycles. The molecule has 1 unspecified atom stereocenters. The lowest BCUT2D eigenvalue weighted by molar-refractivity contribution is -0.118. The number of ketones is 1. The number of H-pyrrole nitrogens is 1. The van der Waals surface area contributed by atoms with Gasteiger partial charge in [0.2, 0.25) is 0 Å². The number of benzene rings is 1. The lowest BCUT2D eigenvalue weighted by Crippen LogP contribution is -2.21. The van der Waals surface area contributed by atoms with Crippen molar-refractivity contribution in [1.29, 1.82) is 5.26 Å². The number of ether oxygens (including phenoxy) is 1. The highest BCUT2D eigenvalue weighted by atomic mass is 35.5. The van der Waals surface area contributed by atoms with Crippen molar-refractivity contribution in [2.75, 3.05) is 6.61 Å². The van der Waals surface area contributed by atoms with Crippen molar-refractivity contribution in [1.82, 2.24) is 9.97 Å². The molecule has 0 saturated carbocycles. The molecule has 152 valence electrons. The summed E-state index contributed by atoms with van der Waals surface area (Å²) in [4.78, 5) is 34.8. The lowest BCUT2D eigenvalue weighted by atomic mass is 9.95. The fraction of sp³-hybridized carbons (Fsp3) is 0.364. The molecule has 5 rings (SSSR count). The van der Waals surface area contributed by atoms with Gasteiger partial charge in [-0.3, -0.25) is 9.59 Å². The van der Waals surface area contributed by atoms with Gasteiger partial charge in [0.15, 0.2) is 11.7 Å². The van der Waals surface area contributed by atoms with Gasteiger partial charge in [0.1, 0.15) is 16.4 Å². The minimum absolute atomic E-state index is 0.0101. The normalized spacial score (nSPS) is 15.9. The summed E-state index contributed by atoms with van der Waals surface area (Å²) in [5, 5.41) is 10.9. The van der Waals surface area contributed by atoms with Crippen LogP contribution in [0.5, 0.6) is 5.75 Å². The van der Waals surface area contributed by atoms with Gasteiger partial charge in [-0.25, -0.2) is 4.98 Å². The minimum Gasteiger partial charge on any atom is -0.493 e. The molecular weight excluding hydrogens is 422 g/mol. The number of carbonyl (C=O) groups excluding carboxylic acids is 1. The van der Waals surface area contributed by atoms with Gasteiger partial charge in [-0.2, -0.15) is 5.26 Å². The van der Waals surface area contributed by atoms with Crippen LogP contribution in [0.15, 0.2) is 16.9 Å². The number of fused-ring (bicyclic) bond motifs is 4. The summed E-state index contributed by atoms with van der Waals surface area (Å²) in [6, 6.07) is 5.56. The van der Waals surface area contributed by atoms with Crippen LogP contribution in [0, 0.1) is 11.3 Å². The number of nitriles is 1. The Morgan fingerprint density at radius 3 is 3.00 bits per heavy atom. The van der Waals surface area contributed by atoms with Crippen LogP contribution in [0.2, 0.25) is 5.02 Å². The SMILES string of the molecule is N#CC(C(=O)Cc1cc(Cl)cc2c1OCC2)c1nc2sc3c(c2c(=O)[nH]1)CCCC3. The summed E-state index contributed by atoms with van der Waals surface area (Å²) in [6.07, 6.45) is 4.73. The van der Waals surface area contributed by atoms with Crippen LogP contribution in [0.25, 0.3) is 10.2 Å². The molecule has 3 aromatic rings. The first-order valence-electron chi connectivity index (χ1n) is 9.96. The standard InChI is InChI=1S/C22H18ClN3O3S/c23-13-7-11-5-6-29-19(11)12(8-13)9-16(27)15(10-24)20-25-21(28)18-14-3-1-2-4-17(14)30-22(18)26-20/h7-8,15H,1-6,9H2,(H,25,26,28). The molecule has 30 heavy (non-hydrogen) atoms. The average Bonchev–Trinajstić information content (AvgIpc) is 3.32. The number of thiophene rings is 1. The van der Waals surface area contributed by atoms with Crippen molar-refractivity contribution < 1.29 is 9.53 Å². The Labute approximate surface area is 181 Å². The Morgan fingerprint density at radius 2 is 2.17 bits per heavy atom. The minimum atomic E-state index is -1.16. The molecular formula is C22H18ClN3O3S.